The summed E-state index contributed by atoms with van der Waals surface area (Å²) in [6.07, 6.45) is 8.24. The largest absolute Gasteiger partial charge is 0.371 e. The van der Waals surface area contributed by atoms with E-state index in [1.165, 1.54) is 49.8 Å². The van der Waals surface area contributed by atoms with Crippen molar-refractivity contribution in [1.29, 1.82) is 0 Å². The molecule has 0 saturated heterocycles. The Bertz CT molecular complexity index is 425. The molecule has 0 aromatic heterocycles. The maximum Gasteiger partial charge on any atom is 0.0415 e. The Balaban J connectivity index is 2.25. The van der Waals surface area contributed by atoms with E-state index in [-0.39, 0.29) is 0 Å². The van der Waals surface area contributed by atoms with Gasteiger partial charge in [0.25, 0.3) is 0 Å². The van der Waals surface area contributed by atoms with Crippen LogP contribution in [0.4, 0.5) is 5.69 Å². The highest BCUT2D eigenvalue weighted by molar-refractivity contribution is 9.10. The van der Waals surface area contributed by atoms with Gasteiger partial charge in [0, 0.05) is 29.3 Å². The van der Waals surface area contributed by atoms with Crippen molar-refractivity contribution in [3.8, 4) is 0 Å². The lowest BCUT2D eigenvalue weighted by atomic mass is 10.0. The van der Waals surface area contributed by atoms with Gasteiger partial charge in [0.15, 0.2) is 0 Å². The normalized spacial score (nSPS) is 18.6. The van der Waals surface area contributed by atoms with Crippen LogP contribution in [0.1, 0.15) is 57.1 Å². The predicted molar refractivity (Wildman–Crippen MR) is 91.5 cm³/mol. The molecule has 1 saturated carbocycles. The standard InChI is InChI=1S/C17H27BrN2/c1-13(19-2)16-12-14(18)10-11-17(16)20(3)15-8-6-4-5-7-9-15/h10-13,15,19H,4-9H2,1-3H3. The molecule has 1 aliphatic rings. The average molecular weight is 339 g/mol. The molecule has 1 aromatic rings. The number of anilines is 1. The second-order valence-corrected chi connectivity index (χ2v) is 6.89. The third-order valence-corrected chi connectivity index (χ3v) is 5.13. The number of hydrogen-bond acceptors (Lipinski definition) is 2. The highest BCUT2D eigenvalue weighted by atomic mass is 79.9. The predicted octanol–water partition coefficient (Wildman–Crippen LogP) is 4.89. The molecule has 2 rings (SSSR count). The van der Waals surface area contributed by atoms with E-state index < -0.39 is 0 Å². The van der Waals surface area contributed by atoms with Gasteiger partial charge in [0.1, 0.15) is 0 Å². The van der Waals surface area contributed by atoms with Crippen LogP contribution in [0.15, 0.2) is 22.7 Å². The van der Waals surface area contributed by atoms with Gasteiger partial charge in [0.2, 0.25) is 0 Å². The van der Waals surface area contributed by atoms with Crippen LogP contribution < -0.4 is 10.2 Å². The molecule has 0 aliphatic heterocycles. The number of hydrogen-bond donors (Lipinski definition) is 1. The van der Waals surface area contributed by atoms with Crippen molar-refractivity contribution in [2.75, 3.05) is 19.0 Å². The number of rotatable bonds is 4. The highest BCUT2D eigenvalue weighted by Gasteiger charge is 2.20. The van der Waals surface area contributed by atoms with E-state index >= 15 is 0 Å². The van der Waals surface area contributed by atoms with Gasteiger partial charge in [-0.25, -0.2) is 0 Å². The van der Waals surface area contributed by atoms with Crippen LogP contribution in [0, 0.1) is 0 Å². The van der Waals surface area contributed by atoms with Crippen molar-refractivity contribution in [1.82, 2.24) is 5.32 Å². The summed E-state index contributed by atoms with van der Waals surface area (Å²) in [4.78, 5) is 2.51. The third-order valence-electron chi connectivity index (χ3n) is 4.64. The fraction of sp³-hybridized carbons (Fsp3) is 0.647. The maximum absolute atomic E-state index is 3.61. The molecule has 1 atom stereocenters. The quantitative estimate of drug-likeness (QED) is 0.786. The molecule has 0 radical (unpaired) electrons. The summed E-state index contributed by atoms with van der Waals surface area (Å²) in [5.41, 5.74) is 2.76. The summed E-state index contributed by atoms with van der Waals surface area (Å²) in [5.74, 6) is 0. The molecule has 112 valence electrons. The second-order valence-electron chi connectivity index (χ2n) is 5.97. The molecule has 0 amide bonds. The molecule has 1 fully saturated rings. The zero-order valence-corrected chi connectivity index (χ0v) is 14.5. The number of benzene rings is 1. The monoisotopic (exact) mass is 338 g/mol. The van der Waals surface area contributed by atoms with Gasteiger partial charge in [-0.3, -0.25) is 0 Å². The molecular weight excluding hydrogens is 312 g/mol. The van der Waals surface area contributed by atoms with Crippen LogP contribution in [0.3, 0.4) is 0 Å². The zero-order chi connectivity index (χ0) is 14.5. The Hall–Kier alpha value is -0.540. The van der Waals surface area contributed by atoms with Crippen molar-refractivity contribution in [2.45, 2.75) is 57.5 Å². The minimum Gasteiger partial charge on any atom is -0.371 e. The molecule has 2 nitrogen and oxygen atoms in total. The minimum absolute atomic E-state index is 0.371. The van der Waals surface area contributed by atoms with E-state index in [0.29, 0.717) is 12.1 Å². The molecular formula is C17H27BrN2. The van der Waals surface area contributed by atoms with Gasteiger partial charge in [-0.2, -0.15) is 0 Å². The van der Waals surface area contributed by atoms with Crippen LogP contribution in [0.5, 0.6) is 0 Å². The Kier molecular flexibility index (Phi) is 5.91. The molecule has 1 aromatic carbocycles. The van der Waals surface area contributed by atoms with Crippen molar-refractivity contribution in [2.24, 2.45) is 0 Å². The first kappa shape index (κ1) is 15.8. The van der Waals surface area contributed by atoms with Gasteiger partial charge in [-0.1, -0.05) is 41.6 Å². The van der Waals surface area contributed by atoms with Crippen molar-refractivity contribution in [3.63, 3.8) is 0 Å². The molecule has 0 spiro atoms. The maximum atomic E-state index is 3.61. The van der Waals surface area contributed by atoms with Crippen LogP contribution in [0.2, 0.25) is 0 Å². The lowest BCUT2D eigenvalue weighted by Gasteiger charge is -2.32. The first-order chi connectivity index (χ1) is 9.63. The molecule has 3 heteroatoms. The fourth-order valence-electron chi connectivity index (χ4n) is 3.19. The summed E-state index contributed by atoms with van der Waals surface area (Å²) < 4.78 is 1.16. The van der Waals surface area contributed by atoms with Crippen molar-refractivity contribution in [3.05, 3.63) is 28.2 Å². The van der Waals surface area contributed by atoms with E-state index in [0.717, 1.165) is 4.47 Å². The van der Waals surface area contributed by atoms with E-state index in [9.17, 15) is 0 Å². The van der Waals surface area contributed by atoms with Gasteiger partial charge in [-0.05, 0) is 50.6 Å². The molecule has 0 bridgehead atoms. The molecule has 0 heterocycles. The van der Waals surface area contributed by atoms with Crippen LogP contribution in [-0.4, -0.2) is 20.1 Å². The average Bonchev–Trinajstić information content (AvgIpc) is 2.74. The smallest absolute Gasteiger partial charge is 0.0415 e. The SMILES string of the molecule is CNC(C)c1cc(Br)ccc1N(C)C1CCCCCC1. The number of nitrogens with one attached hydrogen (secondary N) is 1. The Morgan fingerprint density at radius 1 is 1.20 bits per heavy atom. The van der Waals surface area contributed by atoms with Crippen LogP contribution in [0.25, 0.3) is 0 Å². The fourth-order valence-corrected chi connectivity index (χ4v) is 3.57. The Morgan fingerprint density at radius 3 is 2.45 bits per heavy atom. The second kappa shape index (κ2) is 7.46. The summed E-state index contributed by atoms with van der Waals surface area (Å²) in [5, 5.41) is 3.37. The van der Waals surface area contributed by atoms with Gasteiger partial charge in [0.05, 0.1) is 0 Å². The molecule has 1 aliphatic carbocycles. The lowest BCUT2D eigenvalue weighted by molar-refractivity contribution is 0.548. The molecule has 1 unspecified atom stereocenters. The molecule has 20 heavy (non-hydrogen) atoms. The summed E-state index contributed by atoms with van der Waals surface area (Å²) in [6, 6.07) is 7.74. The number of halogens is 1. The zero-order valence-electron chi connectivity index (χ0n) is 13.0. The van der Waals surface area contributed by atoms with E-state index in [2.05, 4.69) is 58.3 Å². The minimum atomic E-state index is 0.371. The first-order valence-electron chi connectivity index (χ1n) is 7.83. The van der Waals surface area contributed by atoms with Crippen LogP contribution in [-0.2, 0) is 0 Å². The lowest BCUT2D eigenvalue weighted by Crippen LogP contribution is -2.32. The summed E-state index contributed by atoms with van der Waals surface area (Å²) in [7, 11) is 4.30. The third kappa shape index (κ3) is 3.76. The number of nitrogens with zero attached hydrogens (tertiary/aromatic N) is 1. The van der Waals surface area contributed by atoms with Gasteiger partial charge >= 0.3 is 0 Å². The van der Waals surface area contributed by atoms with Crippen LogP contribution >= 0.6 is 15.9 Å². The first-order valence-corrected chi connectivity index (χ1v) is 8.62. The van der Waals surface area contributed by atoms with E-state index in [1.807, 2.05) is 7.05 Å². The van der Waals surface area contributed by atoms with E-state index in [1.54, 1.807) is 0 Å². The van der Waals surface area contributed by atoms with Crippen molar-refractivity contribution >= 4 is 21.6 Å². The highest BCUT2D eigenvalue weighted by Crippen LogP contribution is 2.32. The Morgan fingerprint density at radius 2 is 1.85 bits per heavy atom. The van der Waals surface area contributed by atoms with E-state index in [4.69, 9.17) is 0 Å². The van der Waals surface area contributed by atoms with Crippen molar-refractivity contribution < 1.29 is 0 Å². The topological polar surface area (TPSA) is 15.3 Å². The van der Waals surface area contributed by atoms with Gasteiger partial charge < -0.3 is 10.2 Å². The summed E-state index contributed by atoms with van der Waals surface area (Å²) >= 11 is 3.61. The summed E-state index contributed by atoms with van der Waals surface area (Å²) in [6.45, 7) is 2.23. The Labute approximate surface area is 132 Å². The molecule has 1 N–H and O–H groups in total. The van der Waals surface area contributed by atoms with Gasteiger partial charge in [-0.15, -0.1) is 0 Å².